The maximum atomic E-state index is 12.7. The van der Waals surface area contributed by atoms with E-state index in [4.69, 9.17) is 4.52 Å². The lowest BCUT2D eigenvalue weighted by Gasteiger charge is -2.30. The second-order valence-electron chi connectivity index (χ2n) is 6.41. The number of anilines is 1. The van der Waals surface area contributed by atoms with E-state index in [2.05, 4.69) is 15.1 Å². The van der Waals surface area contributed by atoms with Crippen LogP contribution in [0, 0.1) is 0 Å². The molecule has 26 heavy (non-hydrogen) atoms. The van der Waals surface area contributed by atoms with Crippen LogP contribution in [0.15, 0.2) is 35.1 Å². The summed E-state index contributed by atoms with van der Waals surface area (Å²) in [7, 11) is 0. The largest absolute Gasteiger partial charge is 0.339 e. The molecule has 7 nitrogen and oxygen atoms in total. The number of amides is 1. The summed E-state index contributed by atoms with van der Waals surface area (Å²) in [4.78, 5) is 23.5. The molecule has 1 aromatic carbocycles. The SMILES string of the molecule is CCSC(=O)N1Cc2c(-c3noc(C4CC4)n3)ncn2-c2ccccc21. The van der Waals surface area contributed by atoms with Crippen LogP contribution in [0.1, 0.15) is 37.3 Å². The van der Waals surface area contributed by atoms with Crippen LogP contribution in [0.3, 0.4) is 0 Å². The zero-order chi connectivity index (χ0) is 17.7. The molecule has 132 valence electrons. The molecule has 0 unspecified atom stereocenters. The average molecular weight is 367 g/mol. The van der Waals surface area contributed by atoms with Crippen molar-refractivity contribution in [1.82, 2.24) is 19.7 Å². The molecule has 5 rings (SSSR count). The molecule has 0 radical (unpaired) electrons. The lowest BCUT2D eigenvalue weighted by Crippen LogP contribution is -2.32. The Kier molecular flexibility index (Phi) is 3.59. The van der Waals surface area contributed by atoms with E-state index in [1.807, 2.05) is 35.8 Å². The molecular weight excluding hydrogens is 350 g/mol. The molecule has 1 saturated carbocycles. The Balaban J connectivity index is 1.60. The molecule has 2 aliphatic rings. The standard InChI is InChI=1S/C18H17N5O2S/c1-2-26-18(24)22-9-14-15(16-20-17(25-21-16)11-7-8-11)19-10-23(14)13-6-4-3-5-12(13)22/h3-6,10-11H,2,7-9H2,1H3. The van der Waals surface area contributed by atoms with Crippen LogP contribution < -0.4 is 4.90 Å². The first-order valence-electron chi connectivity index (χ1n) is 8.70. The Bertz CT molecular complexity index is 991. The number of imidazole rings is 1. The number of nitrogens with zero attached hydrogens (tertiary/aromatic N) is 5. The Hall–Kier alpha value is -2.61. The zero-order valence-corrected chi connectivity index (χ0v) is 15.1. The summed E-state index contributed by atoms with van der Waals surface area (Å²) in [6.45, 7) is 2.41. The first-order chi connectivity index (χ1) is 12.8. The van der Waals surface area contributed by atoms with Crippen LogP contribution in [0.25, 0.3) is 17.2 Å². The van der Waals surface area contributed by atoms with Crippen molar-refractivity contribution in [3.63, 3.8) is 0 Å². The molecule has 0 atom stereocenters. The summed E-state index contributed by atoms with van der Waals surface area (Å²) in [5.74, 6) is 2.32. The lowest BCUT2D eigenvalue weighted by atomic mass is 10.1. The maximum absolute atomic E-state index is 12.7. The fraction of sp³-hybridized carbons (Fsp3) is 0.333. The Morgan fingerprint density at radius 1 is 1.31 bits per heavy atom. The molecule has 0 N–H and O–H groups in total. The molecule has 8 heteroatoms. The van der Waals surface area contributed by atoms with Gasteiger partial charge in [0.2, 0.25) is 11.7 Å². The zero-order valence-electron chi connectivity index (χ0n) is 14.3. The van der Waals surface area contributed by atoms with E-state index in [0.29, 0.717) is 29.9 Å². The first-order valence-corrected chi connectivity index (χ1v) is 9.68. The van der Waals surface area contributed by atoms with Crippen LogP contribution in [-0.2, 0) is 6.54 Å². The van der Waals surface area contributed by atoms with Gasteiger partial charge in [0.25, 0.3) is 5.24 Å². The number of aromatic nitrogens is 4. The molecule has 3 heterocycles. The van der Waals surface area contributed by atoms with Crippen molar-refractivity contribution in [3.8, 4) is 17.2 Å². The van der Waals surface area contributed by atoms with Crippen molar-refractivity contribution in [1.29, 1.82) is 0 Å². The quantitative estimate of drug-likeness (QED) is 0.696. The van der Waals surface area contributed by atoms with E-state index >= 15 is 0 Å². The second-order valence-corrected chi connectivity index (χ2v) is 7.63. The molecule has 0 saturated heterocycles. The van der Waals surface area contributed by atoms with E-state index in [1.54, 1.807) is 11.2 Å². The predicted molar refractivity (Wildman–Crippen MR) is 98.5 cm³/mol. The molecule has 1 amide bonds. The maximum Gasteiger partial charge on any atom is 0.286 e. The van der Waals surface area contributed by atoms with Gasteiger partial charge >= 0.3 is 0 Å². The Morgan fingerprint density at radius 3 is 2.88 bits per heavy atom. The monoisotopic (exact) mass is 367 g/mol. The normalized spacial score (nSPS) is 15.7. The van der Waals surface area contributed by atoms with E-state index in [1.165, 1.54) is 11.8 Å². The number of hydrogen-bond donors (Lipinski definition) is 0. The van der Waals surface area contributed by atoms with Gasteiger partial charge in [0.15, 0.2) is 0 Å². The summed E-state index contributed by atoms with van der Waals surface area (Å²) in [6.07, 6.45) is 3.98. The number of thioether (sulfide) groups is 1. The van der Waals surface area contributed by atoms with Gasteiger partial charge < -0.3 is 4.52 Å². The average Bonchev–Trinajstić information content (AvgIpc) is 3.24. The topological polar surface area (TPSA) is 77.1 Å². The van der Waals surface area contributed by atoms with Crippen LogP contribution in [-0.4, -0.2) is 30.7 Å². The van der Waals surface area contributed by atoms with Crippen molar-refractivity contribution >= 4 is 22.7 Å². The summed E-state index contributed by atoms with van der Waals surface area (Å²) >= 11 is 1.30. The number of fused-ring (bicyclic) bond motifs is 3. The van der Waals surface area contributed by atoms with Crippen LogP contribution in [0.5, 0.6) is 0 Å². The van der Waals surface area contributed by atoms with Crippen molar-refractivity contribution in [2.24, 2.45) is 0 Å². The van der Waals surface area contributed by atoms with E-state index in [-0.39, 0.29) is 5.24 Å². The molecule has 1 aliphatic carbocycles. The molecular formula is C18H17N5O2S. The highest BCUT2D eigenvalue weighted by Gasteiger charge is 2.33. The van der Waals surface area contributed by atoms with Gasteiger partial charge in [-0.3, -0.25) is 14.3 Å². The highest BCUT2D eigenvalue weighted by atomic mass is 32.2. The van der Waals surface area contributed by atoms with Gasteiger partial charge in [0.1, 0.15) is 12.0 Å². The number of rotatable bonds is 3. The van der Waals surface area contributed by atoms with Crippen molar-refractivity contribution in [2.45, 2.75) is 32.2 Å². The van der Waals surface area contributed by atoms with Crippen LogP contribution >= 0.6 is 11.8 Å². The number of para-hydroxylation sites is 2. The smallest absolute Gasteiger partial charge is 0.286 e. The van der Waals surface area contributed by atoms with Gasteiger partial charge in [-0.05, 0) is 30.7 Å². The third-order valence-electron chi connectivity index (χ3n) is 4.67. The van der Waals surface area contributed by atoms with Crippen molar-refractivity contribution < 1.29 is 9.32 Å². The summed E-state index contributed by atoms with van der Waals surface area (Å²) in [5.41, 5.74) is 3.40. The van der Waals surface area contributed by atoms with Gasteiger partial charge in [-0.15, -0.1) is 0 Å². The first kappa shape index (κ1) is 15.6. The van der Waals surface area contributed by atoms with Crippen molar-refractivity contribution in [2.75, 3.05) is 10.7 Å². The summed E-state index contributed by atoms with van der Waals surface area (Å²) in [6, 6.07) is 7.86. The summed E-state index contributed by atoms with van der Waals surface area (Å²) < 4.78 is 7.40. The Morgan fingerprint density at radius 2 is 2.12 bits per heavy atom. The molecule has 1 fully saturated rings. The molecule has 1 aliphatic heterocycles. The van der Waals surface area contributed by atoms with Gasteiger partial charge in [0, 0.05) is 5.92 Å². The minimum Gasteiger partial charge on any atom is -0.339 e. The molecule has 0 bridgehead atoms. The second kappa shape index (κ2) is 5.98. The molecule has 0 spiro atoms. The highest BCUT2D eigenvalue weighted by Crippen LogP contribution is 2.40. The molecule has 3 aromatic rings. The van der Waals surface area contributed by atoms with Gasteiger partial charge in [0.05, 0.1) is 23.6 Å². The van der Waals surface area contributed by atoms with E-state index in [9.17, 15) is 4.79 Å². The third-order valence-corrected chi connectivity index (χ3v) is 5.43. The van der Waals surface area contributed by atoms with Gasteiger partial charge in [-0.1, -0.05) is 36.0 Å². The van der Waals surface area contributed by atoms with Crippen LogP contribution in [0.4, 0.5) is 10.5 Å². The molecule has 2 aromatic heterocycles. The minimum atomic E-state index is 0.0325. The van der Waals surface area contributed by atoms with Crippen LogP contribution in [0.2, 0.25) is 0 Å². The fourth-order valence-corrected chi connectivity index (χ4v) is 3.81. The predicted octanol–water partition coefficient (Wildman–Crippen LogP) is 3.99. The third kappa shape index (κ3) is 2.44. The Labute approximate surface area is 154 Å². The van der Waals surface area contributed by atoms with Gasteiger partial charge in [-0.2, -0.15) is 4.98 Å². The number of benzene rings is 1. The fourth-order valence-electron chi connectivity index (χ4n) is 3.24. The van der Waals surface area contributed by atoms with Crippen molar-refractivity contribution in [3.05, 3.63) is 42.2 Å². The van der Waals surface area contributed by atoms with Gasteiger partial charge in [-0.25, -0.2) is 4.98 Å². The lowest BCUT2D eigenvalue weighted by molar-refractivity contribution is 0.264. The number of carbonyl (C=O) groups excluding carboxylic acids is 1. The van der Waals surface area contributed by atoms with E-state index in [0.717, 1.165) is 35.7 Å². The number of hydrogen-bond acceptors (Lipinski definition) is 6. The number of carbonyl (C=O) groups is 1. The summed E-state index contributed by atoms with van der Waals surface area (Å²) in [5, 5.41) is 4.15. The highest BCUT2D eigenvalue weighted by molar-refractivity contribution is 8.13. The minimum absolute atomic E-state index is 0.0325. The van der Waals surface area contributed by atoms with E-state index < -0.39 is 0 Å².